The van der Waals surface area contributed by atoms with Crippen LogP contribution in [0.4, 0.5) is 5.69 Å². The Kier molecular flexibility index (Phi) is 11.2. The molecule has 4 heteroatoms. The summed E-state index contributed by atoms with van der Waals surface area (Å²) < 4.78 is 0. The fraction of sp³-hybridized carbons (Fsp3) is 0.125. The normalized spacial score (nSPS) is 21.5. The van der Waals surface area contributed by atoms with Crippen molar-refractivity contribution in [3.8, 4) is 22.3 Å². The van der Waals surface area contributed by atoms with Crippen molar-refractivity contribution in [1.29, 1.82) is 0 Å². The minimum atomic E-state index is -0.218. The number of benzene rings is 7. The van der Waals surface area contributed by atoms with E-state index in [-0.39, 0.29) is 30.2 Å². The van der Waals surface area contributed by atoms with Crippen LogP contribution in [-0.4, -0.2) is 17.5 Å². The van der Waals surface area contributed by atoms with Crippen molar-refractivity contribution in [3.63, 3.8) is 0 Å². The Morgan fingerprint density at radius 2 is 1.16 bits per heavy atom. The Labute approximate surface area is 400 Å². The fourth-order valence-electron chi connectivity index (χ4n) is 10.5. The highest BCUT2D eigenvalue weighted by molar-refractivity contribution is 6.19. The lowest BCUT2D eigenvalue weighted by atomic mass is 9.84. The van der Waals surface area contributed by atoms with Gasteiger partial charge < -0.3 is 5.32 Å². The van der Waals surface area contributed by atoms with Gasteiger partial charge in [-0.2, -0.15) is 0 Å². The van der Waals surface area contributed by atoms with Crippen molar-refractivity contribution in [3.05, 3.63) is 281 Å². The zero-order valence-electron chi connectivity index (χ0n) is 37.9. The molecule has 2 aliphatic heterocycles. The van der Waals surface area contributed by atoms with Crippen LogP contribution in [0.15, 0.2) is 252 Å². The van der Waals surface area contributed by atoms with E-state index >= 15 is 0 Å². The molecule has 2 heterocycles. The molecule has 2 N–H and O–H groups in total. The number of para-hydroxylation sites is 1. The van der Waals surface area contributed by atoms with Crippen LogP contribution >= 0.6 is 0 Å². The van der Waals surface area contributed by atoms with Crippen molar-refractivity contribution in [2.45, 2.75) is 43.6 Å². The summed E-state index contributed by atoms with van der Waals surface area (Å²) in [4.78, 5) is 11.0. The minimum Gasteiger partial charge on any atom is -0.360 e. The molecular weight excluding hydrogens is 825 g/mol. The molecule has 7 aromatic rings. The molecule has 0 spiro atoms. The Morgan fingerprint density at radius 1 is 0.500 bits per heavy atom. The highest BCUT2D eigenvalue weighted by Gasteiger charge is 2.33. The van der Waals surface area contributed by atoms with Gasteiger partial charge in [0.2, 0.25) is 0 Å². The van der Waals surface area contributed by atoms with Crippen LogP contribution in [-0.2, 0) is 0 Å². The number of fused-ring (bicyclic) bond motifs is 2. The summed E-state index contributed by atoms with van der Waals surface area (Å²) in [7, 11) is 0. The first kappa shape index (κ1) is 41.5. The highest BCUT2D eigenvalue weighted by Crippen LogP contribution is 2.39. The Morgan fingerprint density at radius 3 is 2.01 bits per heavy atom. The molecule has 5 atom stereocenters. The van der Waals surface area contributed by atoms with Crippen LogP contribution in [0.5, 0.6) is 0 Å². The molecular formula is C64H52N4. The number of nitrogens with zero attached hydrogens (tertiary/aromatic N) is 2. The van der Waals surface area contributed by atoms with Gasteiger partial charge in [0.05, 0.1) is 11.4 Å². The van der Waals surface area contributed by atoms with Gasteiger partial charge in [-0.1, -0.05) is 212 Å². The van der Waals surface area contributed by atoms with E-state index in [2.05, 4.69) is 247 Å². The molecule has 5 unspecified atom stereocenters. The molecule has 0 saturated carbocycles. The Balaban J connectivity index is 0.814. The number of nitrogens with one attached hydrogen (secondary N) is 2. The van der Waals surface area contributed by atoms with Crippen LogP contribution < -0.4 is 10.6 Å². The average Bonchev–Trinajstić information content (AvgIpc) is 3.43. The SMILES string of the molecule is C1=CC2NC(c3cccc(C4=CC(c5cccc(C6N=C(C7=CCCC(c8cccc(-c9ccccc9)c8)=C7)c7ccccc7N6)c5)CC=C4)c3)N=C(c3ccc(-c4ccccc4)cc3)C2C=C1. The van der Waals surface area contributed by atoms with Crippen molar-refractivity contribution in [1.82, 2.24) is 5.32 Å². The van der Waals surface area contributed by atoms with Crippen molar-refractivity contribution >= 4 is 28.3 Å². The lowest BCUT2D eigenvalue weighted by molar-refractivity contribution is 0.439. The molecule has 12 rings (SSSR count). The predicted molar refractivity (Wildman–Crippen MR) is 284 cm³/mol. The second-order valence-electron chi connectivity index (χ2n) is 18.4. The van der Waals surface area contributed by atoms with Crippen LogP contribution in [0, 0.1) is 5.92 Å². The third-order valence-corrected chi connectivity index (χ3v) is 14.1. The first-order valence-corrected chi connectivity index (χ1v) is 24.1. The van der Waals surface area contributed by atoms with E-state index in [1.807, 2.05) is 0 Å². The zero-order chi connectivity index (χ0) is 45.2. The molecule has 5 aliphatic rings. The minimum absolute atomic E-state index is 0.157. The van der Waals surface area contributed by atoms with Gasteiger partial charge in [0, 0.05) is 29.1 Å². The largest absolute Gasteiger partial charge is 0.360 e. The number of anilines is 1. The summed E-state index contributed by atoms with van der Waals surface area (Å²) in [6, 6.07) is 65.9. The maximum absolute atomic E-state index is 5.52. The quantitative estimate of drug-likeness (QED) is 0.152. The number of hydrogen-bond donors (Lipinski definition) is 2. The smallest absolute Gasteiger partial charge is 0.145 e. The second kappa shape index (κ2) is 18.4. The lowest BCUT2D eigenvalue weighted by Crippen LogP contribution is -2.45. The Bertz CT molecular complexity index is 3270. The van der Waals surface area contributed by atoms with Gasteiger partial charge in [-0.25, -0.2) is 0 Å². The molecule has 0 fully saturated rings. The number of rotatable bonds is 9. The van der Waals surface area contributed by atoms with Gasteiger partial charge in [0.25, 0.3) is 0 Å². The maximum Gasteiger partial charge on any atom is 0.145 e. The van der Waals surface area contributed by atoms with Crippen LogP contribution in [0.2, 0.25) is 0 Å². The molecule has 68 heavy (non-hydrogen) atoms. The first-order valence-electron chi connectivity index (χ1n) is 24.1. The molecule has 7 aromatic carbocycles. The summed E-state index contributed by atoms with van der Waals surface area (Å²) in [6.45, 7) is 0. The maximum atomic E-state index is 5.52. The molecule has 0 saturated heterocycles. The highest BCUT2D eigenvalue weighted by atomic mass is 15.1. The molecule has 3 aliphatic carbocycles. The van der Waals surface area contributed by atoms with Crippen molar-refractivity contribution < 1.29 is 0 Å². The van der Waals surface area contributed by atoms with Gasteiger partial charge in [0.1, 0.15) is 12.3 Å². The Hall–Kier alpha value is -7.92. The van der Waals surface area contributed by atoms with Gasteiger partial charge in [-0.3, -0.25) is 15.3 Å². The van der Waals surface area contributed by atoms with Crippen molar-refractivity contribution in [2.75, 3.05) is 5.32 Å². The van der Waals surface area contributed by atoms with E-state index in [0.717, 1.165) is 58.6 Å². The molecule has 0 aromatic heterocycles. The second-order valence-corrected chi connectivity index (χ2v) is 18.4. The molecule has 328 valence electrons. The van der Waals surface area contributed by atoms with E-state index in [1.165, 1.54) is 55.7 Å². The lowest BCUT2D eigenvalue weighted by Gasteiger charge is -2.35. The molecule has 0 radical (unpaired) electrons. The summed E-state index contributed by atoms with van der Waals surface area (Å²) in [5.74, 6) is 0.397. The molecule has 0 amide bonds. The van der Waals surface area contributed by atoms with Gasteiger partial charge >= 0.3 is 0 Å². The van der Waals surface area contributed by atoms with Gasteiger partial charge in [-0.15, -0.1) is 0 Å². The third-order valence-electron chi connectivity index (χ3n) is 14.1. The van der Waals surface area contributed by atoms with E-state index in [4.69, 9.17) is 9.98 Å². The zero-order valence-corrected chi connectivity index (χ0v) is 37.9. The summed E-state index contributed by atoms with van der Waals surface area (Å²) >= 11 is 0. The predicted octanol–water partition coefficient (Wildman–Crippen LogP) is 15.1. The van der Waals surface area contributed by atoms with E-state index < -0.39 is 0 Å². The number of hydrogen-bond acceptors (Lipinski definition) is 4. The standard InChI is InChI=1S/C64H52N4/c1-3-16-43(17-4-1)45-34-36-46(37-35-45)61-57-30-7-9-32-59(57)65-63(67-61)55-28-14-25-52(41-55)49-22-12-23-50(39-49)53-26-15-29-56(42-53)64-66-60-33-10-8-31-58(60)62(68-64)54-27-13-24-51(40-54)48-21-11-20-47(38-48)44-18-5-2-6-19-44/h1-12,14-22,25-42,50,57,59,63-66H,13,23-24H2. The number of allylic oxidation sites excluding steroid dienone is 10. The fourth-order valence-corrected chi connectivity index (χ4v) is 10.5. The molecule has 4 nitrogen and oxygen atoms in total. The third kappa shape index (κ3) is 8.40. The van der Waals surface area contributed by atoms with Crippen LogP contribution in [0.25, 0.3) is 33.4 Å². The molecule has 0 bridgehead atoms. The topological polar surface area (TPSA) is 48.8 Å². The first-order chi connectivity index (χ1) is 33.7. The number of aliphatic imine (C=N–C) groups is 2. The van der Waals surface area contributed by atoms with E-state index in [9.17, 15) is 0 Å². The average molecular weight is 877 g/mol. The van der Waals surface area contributed by atoms with Crippen LogP contribution in [0.1, 0.15) is 76.5 Å². The summed E-state index contributed by atoms with van der Waals surface area (Å²) in [5.41, 5.74) is 20.3. The summed E-state index contributed by atoms with van der Waals surface area (Å²) in [6.07, 6.45) is 23.2. The van der Waals surface area contributed by atoms with Crippen LogP contribution in [0.3, 0.4) is 0 Å². The van der Waals surface area contributed by atoms with E-state index in [1.54, 1.807) is 0 Å². The van der Waals surface area contributed by atoms with Gasteiger partial charge in [0.15, 0.2) is 0 Å². The van der Waals surface area contributed by atoms with E-state index in [0.29, 0.717) is 0 Å². The summed E-state index contributed by atoms with van der Waals surface area (Å²) in [5, 5.41) is 7.68. The van der Waals surface area contributed by atoms with Crippen molar-refractivity contribution in [2.24, 2.45) is 15.9 Å². The monoisotopic (exact) mass is 876 g/mol. The van der Waals surface area contributed by atoms with Gasteiger partial charge in [-0.05, 0) is 116 Å².